The number of rotatable bonds is 6. The number of hydrogen-bond donors (Lipinski definition) is 1. The Kier molecular flexibility index (Phi) is 4.93. The number of thioether (sulfide) groups is 1. The van der Waals surface area contributed by atoms with E-state index in [1.165, 1.54) is 35.2 Å². The average Bonchev–Trinajstić information content (AvgIpc) is 3.47. The second-order valence-electron chi connectivity index (χ2n) is 6.49. The van der Waals surface area contributed by atoms with Crippen molar-refractivity contribution in [2.75, 3.05) is 11.1 Å². The van der Waals surface area contributed by atoms with Gasteiger partial charge in [-0.15, -0.1) is 21.5 Å². The zero-order chi connectivity index (χ0) is 20.5. The van der Waals surface area contributed by atoms with E-state index in [-0.39, 0.29) is 17.5 Å². The molecule has 5 aromatic rings. The van der Waals surface area contributed by atoms with Gasteiger partial charge in [0.15, 0.2) is 10.3 Å². The predicted octanol–water partition coefficient (Wildman–Crippen LogP) is 4.06. The summed E-state index contributed by atoms with van der Waals surface area (Å²) in [4.78, 5) is 16.3. The number of carbonyl (C=O) groups excluding carboxylic acids is 1. The van der Waals surface area contributed by atoms with Gasteiger partial charge >= 0.3 is 0 Å². The maximum Gasteiger partial charge on any atom is 0.237 e. The maximum atomic E-state index is 13.3. The van der Waals surface area contributed by atoms with Gasteiger partial charge in [0.25, 0.3) is 0 Å². The molecule has 3 aromatic heterocycles. The molecule has 10 heteroatoms. The van der Waals surface area contributed by atoms with E-state index in [1.54, 1.807) is 23.7 Å². The number of halogens is 1. The van der Waals surface area contributed by atoms with Crippen LogP contribution in [0.15, 0.2) is 65.3 Å². The van der Waals surface area contributed by atoms with Crippen molar-refractivity contribution in [3.63, 3.8) is 0 Å². The van der Waals surface area contributed by atoms with Gasteiger partial charge in [-0.05, 0) is 29.8 Å². The van der Waals surface area contributed by atoms with Crippen LogP contribution in [0.4, 0.5) is 9.52 Å². The molecule has 2 aromatic carbocycles. The lowest BCUT2D eigenvalue weighted by atomic mass is 10.2. The summed E-state index contributed by atoms with van der Waals surface area (Å²) >= 11 is 2.69. The van der Waals surface area contributed by atoms with Gasteiger partial charge < -0.3 is 9.88 Å². The lowest BCUT2D eigenvalue weighted by molar-refractivity contribution is -0.113. The van der Waals surface area contributed by atoms with Gasteiger partial charge in [0.05, 0.1) is 23.3 Å². The fourth-order valence-corrected chi connectivity index (χ4v) is 4.51. The van der Waals surface area contributed by atoms with Gasteiger partial charge in [-0.2, -0.15) is 0 Å². The molecule has 0 saturated carbocycles. The maximum absolute atomic E-state index is 13.3. The minimum Gasteiger partial charge on any atom is -0.304 e. The van der Waals surface area contributed by atoms with Gasteiger partial charge in [-0.25, -0.2) is 9.37 Å². The van der Waals surface area contributed by atoms with Crippen molar-refractivity contribution < 1.29 is 9.18 Å². The largest absolute Gasteiger partial charge is 0.304 e. The zero-order valence-corrected chi connectivity index (χ0v) is 17.2. The highest BCUT2D eigenvalue weighted by Crippen LogP contribution is 2.27. The van der Waals surface area contributed by atoms with Crippen LogP contribution in [0.2, 0.25) is 0 Å². The molecule has 0 bridgehead atoms. The molecule has 3 heterocycles. The lowest BCUT2D eigenvalue weighted by Crippen LogP contribution is -2.14. The first-order valence-electron chi connectivity index (χ1n) is 9.08. The van der Waals surface area contributed by atoms with Gasteiger partial charge in [-0.3, -0.25) is 9.20 Å². The first kappa shape index (κ1) is 18.8. The monoisotopic (exact) mass is 438 g/mol. The van der Waals surface area contributed by atoms with Crippen LogP contribution >= 0.6 is 23.1 Å². The molecule has 5 rings (SSSR count). The number of thiazole rings is 1. The van der Waals surface area contributed by atoms with E-state index >= 15 is 0 Å². The second-order valence-corrected chi connectivity index (χ2v) is 8.33. The van der Waals surface area contributed by atoms with E-state index in [9.17, 15) is 9.18 Å². The van der Waals surface area contributed by atoms with E-state index in [1.807, 2.05) is 33.2 Å². The number of anilines is 1. The molecule has 0 aliphatic carbocycles. The van der Waals surface area contributed by atoms with Crippen molar-refractivity contribution in [2.45, 2.75) is 11.7 Å². The van der Waals surface area contributed by atoms with Crippen molar-refractivity contribution in [1.29, 1.82) is 0 Å². The van der Waals surface area contributed by atoms with Gasteiger partial charge in [0.1, 0.15) is 5.82 Å². The van der Waals surface area contributed by atoms with Gasteiger partial charge in [0, 0.05) is 11.6 Å². The summed E-state index contributed by atoms with van der Waals surface area (Å²) < 4.78 is 17.3. The lowest BCUT2D eigenvalue weighted by Gasteiger charge is -2.05. The van der Waals surface area contributed by atoms with Crippen LogP contribution in [-0.2, 0) is 11.3 Å². The van der Waals surface area contributed by atoms with Crippen molar-refractivity contribution in [1.82, 2.24) is 24.1 Å². The summed E-state index contributed by atoms with van der Waals surface area (Å²) in [5, 5.41) is 14.4. The van der Waals surface area contributed by atoms with Crippen molar-refractivity contribution in [3.05, 3.63) is 71.5 Å². The fraction of sp³-hybridized carbons (Fsp3) is 0.100. The summed E-state index contributed by atoms with van der Waals surface area (Å²) in [5.74, 6) is 0.446. The number of amides is 1. The third-order valence-corrected chi connectivity index (χ3v) is 6.15. The number of carbonyl (C=O) groups is 1. The molecule has 0 aliphatic heterocycles. The van der Waals surface area contributed by atoms with Crippen LogP contribution in [0, 0.1) is 5.82 Å². The van der Waals surface area contributed by atoms with Gasteiger partial charge in [0.2, 0.25) is 11.7 Å². The highest BCUT2D eigenvalue weighted by Gasteiger charge is 2.18. The zero-order valence-electron chi connectivity index (χ0n) is 15.5. The third-order valence-electron chi connectivity index (χ3n) is 4.54. The van der Waals surface area contributed by atoms with Crippen molar-refractivity contribution in [3.8, 4) is 0 Å². The summed E-state index contributed by atoms with van der Waals surface area (Å²) in [5.41, 5.74) is 2.89. The number of aromatic nitrogens is 5. The Morgan fingerprint density at radius 3 is 2.67 bits per heavy atom. The average molecular weight is 439 g/mol. The molecule has 0 fully saturated rings. The van der Waals surface area contributed by atoms with E-state index in [4.69, 9.17) is 0 Å². The molecule has 1 N–H and O–H groups in total. The van der Waals surface area contributed by atoms with E-state index in [0.717, 1.165) is 16.6 Å². The molecule has 0 radical (unpaired) electrons. The molecular weight excluding hydrogens is 423 g/mol. The van der Waals surface area contributed by atoms with Crippen molar-refractivity contribution in [2.24, 2.45) is 0 Å². The minimum atomic E-state index is -0.265. The number of benzene rings is 2. The van der Waals surface area contributed by atoms with Gasteiger partial charge in [-0.1, -0.05) is 36.0 Å². The SMILES string of the molecule is O=C(CSc1nnc2n(Cc3ccc(F)cc3)c3ccccc3n12)Nc1nccs1. The molecule has 7 nitrogen and oxygen atoms in total. The topological polar surface area (TPSA) is 77.1 Å². The second kappa shape index (κ2) is 7.88. The molecule has 0 spiro atoms. The number of hydrogen-bond acceptors (Lipinski definition) is 6. The Morgan fingerprint density at radius 2 is 1.90 bits per heavy atom. The molecule has 0 atom stereocenters. The van der Waals surface area contributed by atoms with Crippen LogP contribution in [0.5, 0.6) is 0 Å². The first-order valence-corrected chi connectivity index (χ1v) is 10.9. The Bertz CT molecular complexity index is 1330. The number of nitrogens with one attached hydrogen (secondary N) is 1. The highest BCUT2D eigenvalue weighted by atomic mass is 32.2. The van der Waals surface area contributed by atoms with Crippen LogP contribution < -0.4 is 5.32 Å². The minimum absolute atomic E-state index is 0.151. The summed E-state index contributed by atoms with van der Waals surface area (Å²) in [6.45, 7) is 0.532. The number of imidazole rings is 1. The Hall–Kier alpha value is -3.24. The van der Waals surface area contributed by atoms with E-state index < -0.39 is 0 Å². The number of nitrogens with zero attached hydrogens (tertiary/aromatic N) is 5. The molecule has 0 unspecified atom stereocenters. The molecule has 0 aliphatic rings. The third kappa shape index (κ3) is 3.55. The molecule has 150 valence electrons. The first-order chi connectivity index (χ1) is 14.7. The van der Waals surface area contributed by atoms with Crippen molar-refractivity contribution >= 4 is 50.9 Å². The summed E-state index contributed by atoms with van der Waals surface area (Å²) in [6.07, 6.45) is 1.64. The molecule has 30 heavy (non-hydrogen) atoms. The molecular formula is C20H15FN6OS2. The smallest absolute Gasteiger partial charge is 0.237 e. The highest BCUT2D eigenvalue weighted by molar-refractivity contribution is 7.99. The normalized spacial score (nSPS) is 11.4. The van der Waals surface area contributed by atoms with Crippen LogP contribution in [-0.4, -0.2) is 35.8 Å². The molecule has 0 saturated heterocycles. The number of para-hydroxylation sites is 2. The summed E-state index contributed by atoms with van der Waals surface area (Å²) in [7, 11) is 0. The van der Waals surface area contributed by atoms with E-state index in [2.05, 4.69) is 20.5 Å². The van der Waals surface area contributed by atoms with Crippen LogP contribution in [0.25, 0.3) is 16.8 Å². The Morgan fingerprint density at radius 1 is 1.10 bits per heavy atom. The standard InChI is InChI=1S/C20H15FN6OS2/c21-14-7-5-13(6-8-14)11-26-15-3-1-2-4-16(15)27-19(26)24-25-20(27)30-12-17(28)23-18-22-9-10-29-18/h1-10H,11-12H2,(H,22,23,28). The predicted molar refractivity (Wildman–Crippen MR) is 115 cm³/mol. The Balaban J connectivity index is 1.46. The van der Waals surface area contributed by atoms with Crippen LogP contribution in [0.1, 0.15) is 5.56 Å². The quantitative estimate of drug-likeness (QED) is 0.405. The van der Waals surface area contributed by atoms with Crippen LogP contribution in [0.3, 0.4) is 0 Å². The molecule has 1 amide bonds. The summed E-state index contributed by atoms with van der Waals surface area (Å²) in [6, 6.07) is 14.3. The fourth-order valence-electron chi connectivity index (χ4n) is 3.23. The Labute approximate surface area is 178 Å². The van der Waals surface area contributed by atoms with E-state index in [0.29, 0.717) is 22.6 Å². The number of fused-ring (bicyclic) bond motifs is 3.